The summed E-state index contributed by atoms with van der Waals surface area (Å²) in [4.78, 5) is 17.4. The third kappa shape index (κ3) is 3.27. The topological polar surface area (TPSA) is 70.1 Å². The van der Waals surface area contributed by atoms with Crippen molar-refractivity contribution < 1.29 is 0 Å². The van der Waals surface area contributed by atoms with E-state index in [1.54, 1.807) is 19.2 Å². The summed E-state index contributed by atoms with van der Waals surface area (Å²) in [6, 6.07) is 11.4. The second-order valence-corrected chi connectivity index (χ2v) is 3.54. The number of nitrogens with one attached hydrogen (secondary N) is 2. The van der Waals surface area contributed by atoms with Crippen molar-refractivity contribution in [2.45, 2.75) is 6.92 Å². The van der Waals surface area contributed by atoms with Crippen molar-refractivity contribution in [1.29, 1.82) is 0 Å². The average molecular weight is 228 g/mol. The number of benzene rings is 1. The van der Waals surface area contributed by atoms with Gasteiger partial charge in [-0.2, -0.15) is 10.1 Å². The summed E-state index contributed by atoms with van der Waals surface area (Å²) < 4.78 is 0. The van der Waals surface area contributed by atoms with Crippen LogP contribution < -0.4 is 11.1 Å². The molecular formula is C12H12N4O. The van der Waals surface area contributed by atoms with Gasteiger partial charge in [0.25, 0.3) is 0 Å². The predicted molar refractivity (Wildman–Crippen MR) is 67.3 cm³/mol. The van der Waals surface area contributed by atoms with Crippen LogP contribution >= 0.6 is 0 Å². The first-order valence-corrected chi connectivity index (χ1v) is 5.16. The molecule has 1 aromatic carbocycles. The summed E-state index contributed by atoms with van der Waals surface area (Å²) in [5, 5.41) is 4.00. The fourth-order valence-electron chi connectivity index (χ4n) is 1.35. The zero-order valence-electron chi connectivity index (χ0n) is 9.34. The number of aromatic nitrogens is 2. The van der Waals surface area contributed by atoms with E-state index in [9.17, 15) is 4.79 Å². The van der Waals surface area contributed by atoms with E-state index in [-0.39, 0.29) is 5.69 Å². The Bertz CT molecular complexity index is 575. The molecule has 2 N–H and O–H groups in total. The van der Waals surface area contributed by atoms with Crippen molar-refractivity contribution in [3.63, 3.8) is 0 Å². The minimum Gasteiger partial charge on any atom is -0.310 e. The first-order chi connectivity index (χ1) is 8.24. The average Bonchev–Trinajstić information content (AvgIpc) is 2.29. The van der Waals surface area contributed by atoms with Gasteiger partial charge in [-0.15, -0.1) is 0 Å². The van der Waals surface area contributed by atoms with Crippen molar-refractivity contribution in [2.24, 2.45) is 5.10 Å². The van der Waals surface area contributed by atoms with Gasteiger partial charge >= 0.3 is 5.69 Å². The smallest absolute Gasteiger partial charge is 0.310 e. The molecule has 0 amide bonds. The molecule has 5 heteroatoms. The number of hydrazone groups is 1. The van der Waals surface area contributed by atoms with Crippen LogP contribution in [0.3, 0.4) is 0 Å². The molecule has 1 aromatic heterocycles. The molecule has 86 valence electrons. The molecule has 0 aliphatic rings. The molecule has 0 aliphatic carbocycles. The summed E-state index contributed by atoms with van der Waals surface area (Å²) in [6.07, 6.45) is 1.66. The Kier molecular flexibility index (Phi) is 3.30. The van der Waals surface area contributed by atoms with E-state index in [2.05, 4.69) is 20.5 Å². The van der Waals surface area contributed by atoms with E-state index in [4.69, 9.17) is 0 Å². The number of H-pyrrole nitrogens is 1. The molecule has 0 atom stereocenters. The predicted octanol–water partition coefficient (Wildman–Crippen LogP) is 1.52. The quantitative estimate of drug-likeness (QED) is 0.618. The fourth-order valence-corrected chi connectivity index (χ4v) is 1.35. The van der Waals surface area contributed by atoms with Gasteiger partial charge in [0, 0.05) is 11.8 Å². The van der Waals surface area contributed by atoms with Gasteiger partial charge in [0.1, 0.15) is 0 Å². The van der Waals surface area contributed by atoms with Crippen LogP contribution in [0.4, 0.5) is 5.82 Å². The molecule has 0 bridgehead atoms. The number of nitrogens with zero attached hydrogens (tertiary/aromatic N) is 2. The lowest BCUT2D eigenvalue weighted by molar-refractivity contribution is 1.02. The van der Waals surface area contributed by atoms with E-state index in [0.717, 1.165) is 11.3 Å². The van der Waals surface area contributed by atoms with E-state index < -0.39 is 0 Å². The fraction of sp³-hybridized carbons (Fsp3) is 0.0833. The summed E-state index contributed by atoms with van der Waals surface area (Å²) in [5.74, 6) is 0.429. The molecule has 2 aromatic rings. The zero-order chi connectivity index (χ0) is 12.1. The van der Waals surface area contributed by atoms with Crippen molar-refractivity contribution in [2.75, 3.05) is 5.43 Å². The number of rotatable bonds is 3. The second-order valence-electron chi connectivity index (χ2n) is 3.54. The minimum absolute atomic E-state index is 0.387. The maximum atomic E-state index is 11.1. The molecule has 5 nitrogen and oxygen atoms in total. The summed E-state index contributed by atoms with van der Waals surface area (Å²) >= 11 is 0. The number of anilines is 1. The molecule has 0 spiro atoms. The molecule has 0 saturated carbocycles. The van der Waals surface area contributed by atoms with Gasteiger partial charge in [-0.3, -0.25) is 5.43 Å². The molecule has 0 aliphatic heterocycles. The number of aromatic amines is 1. The molecule has 1 heterocycles. The van der Waals surface area contributed by atoms with Crippen molar-refractivity contribution in [3.05, 3.63) is 58.1 Å². The molecule has 0 unspecified atom stereocenters. The van der Waals surface area contributed by atoms with Gasteiger partial charge < -0.3 is 4.98 Å². The van der Waals surface area contributed by atoms with E-state index >= 15 is 0 Å². The highest BCUT2D eigenvalue weighted by molar-refractivity contribution is 5.79. The third-order valence-electron chi connectivity index (χ3n) is 2.07. The van der Waals surface area contributed by atoms with Gasteiger partial charge in [-0.1, -0.05) is 30.3 Å². The third-order valence-corrected chi connectivity index (χ3v) is 2.07. The van der Waals surface area contributed by atoms with Crippen LogP contribution in [-0.2, 0) is 0 Å². The van der Waals surface area contributed by atoms with Crippen LogP contribution in [0.5, 0.6) is 0 Å². The second kappa shape index (κ2) is 5.07. The van der Waals surface area contributed by atoms with Gasteiger partial charge in [-0.25, -0.2) is 4.79 Å². The molecule has 17 heavy (non-hydrogen) atoms. The van der Waals surface area contributed by atoms with Crippen molar-refractivity contribution >= 4 is 12.0 Å². The molecule has 0 fully saturated rings. The Hall–Kier alpha value is -2.43. The first-order valence-electron chi connectivity index (χ1n) is 5.16. The monoisotopic (exact) mass is 228 g/mol. The van der Waals surface area contributed by atoms with E-state index in [0.29, 0.717) is 5.82 Å². The SMILES string of the molecule is Cc1cc(N/N=C/c2ccccc2)nc(=O)[nH]1. The lowest BCUT2D eigenvalue weighted by Gasteiger charge is -1.99. The molecule has 0 radical (unpaired) electrons. The normalized spacial score (nSPS) is 10.6. The Balaban J connectivity index is 2.07. The van der Waals surface area contributed by atoms with Crippen LogP contribution in [0.25, 0.3) is 0 Å². The van der Waals surface area contributed by atoms with Gasteiger partial charge in [0.05, 0.1) is 6.21 Å². The van der Waals surface area contributed by atoms with Crippen molar-refractivity contribution in [1.82, 2.24) is 9.97 Å². The van der Waals surface area contributed by atoms with Crippen LogP contribution in [0.15, 0.2) is 46.3 Å². The van der Waals surface area contributed by atoms with E-state index in [1.165, 1.54) is 0 Å². The van der Waals surface area contributed by atoms with Crippen molar-refractivity contribution in [3.8, 4) is 0 Å². The lowest BCUT2D eigenvalue weighted by Crippen LogP contribution is -2.13. The summed E-state index contributed by atoms with van der Waals surface area (Å²) in [6.45, 7) is 1.79. The summed E-state index contributed by atoms with van der Waals surface area (Å²) in [5.41, 5.74) is 4.04. The Morgan fingerprint density at radius 1 is 1.35 bits per heavy atom. The van der Waals surface area contributed by atoms with Gasteiger partial charge in [-0.05, 0) is 12.5 Å². The zero-order valence-corrected chi connectivity index (χ0v) is 9.34. The highest BCUT2D eigenvalue weighted by atomic mass is 16.1. The molecule has 2 rings (SSSR count). The number of hydrogen-bond acceptors (Lipinski definition) is 4. The maximum absolute atomic E-state index is 11.1. The summed E-state index contributed by atoms with van der Waals surface area (Å²) in [7, 11) is 0. The number of aryl methyl sites for hydroxylation is 1. The Labute approximate surface area is 98.2 Å². The molecular weight excluding hydrogens is 216 g/mol. The van der Waals surface area contributed by atoms with Gasteiger partial charge in [0.15, 0.2) is 5.82 Å². The standard InChI is InChI=1S/C12H12N4O/c1-9-7-11(15-12(17)14-9)16-13-8-10-5-3-2-4-6-10/h2-8H,1H3,(H2,14,15,16,17)/b13-8+. The Morgan fingerprint density at radius 2 is 2.12 bits per heavy atom. The van der Waals surface area contributed by atoms with E-state index in [1.807, 2.05) is 30.3 Å². The van der Waals surface area contributed by atoms with Crippen LogP contribution in [-0.4, -0.2) is 16.2 Å². The largest absolute Gasteiger partial charge is 0.347 e. The highest BCUT2D eigenvalue weighted by Crippen LogP contribution is 2.00. The van der Waals surface area contributed by atoms with Crippen LogP contribution in [0.2, 0.25) is 0 Å². The van der Waals surface area contributed by atoms with Crippen LogP contribution in [0.1, 0.15) is 11.3 Å². The maximum Gasteiger partial charge on any atom is 0.347 e. The lowest BCUT2D eigenvalue weighted by atomic mass is 10.2. The molecule has 0 saturated heterocycles. The number of hydrogen-bond donors (Lipinski definition) is 2. The van der Waals surface area contributed by atoms with Gasteiger partial charge in [0.2, 0.25) is 0 Å². The Morgan fingerprint density at radius 3 is 2.82 bits per heavy atom. The first kappa shape index (κ1) is 11.1. The van der Waals surface area contributed by atoms with Crippen LogP contribution in [0, 0.1) is 6.92 Å². The highest BCUT2D eigenvalue weighted by Gasteiger charge is 1.94. The minimum atomic E-state index is -0.387.